The number of carbonyl (C=O) groups excluding carboxylic acids is 1. The van der Waals surface area contributed by atoms with Gasteiger partial charge in [0.1, 0.15) is 17.2 Å². The maximum atomic E-state index is 12.3. The monoisotopic (exact) mass is 499 g/mol. The molecule has 0 aliphatic rings. The number of rotatable bonds is 11. The molecule has 0 aliphatic heterocycles. The molecule has 0 saturated heterocycles. The molecule has 0 aliphatic carbocycles. The van der Waals surface area contributed by atoms with Crippen molar-refractivity contribution in [1.82, 2.24) is 5.32 Å². The van der Waals surface area contributed by atoms with Crippen molar-refractivity contribution >= 4 is 40.0 Å². The number of nitrogens with zero attached hydrogens (tertiary/aromatic N) is 1. The van der Waals surface area contributed by atoms with Gasteiger partial charge in [0, 0.05) is 13.0 Å². The maximum absolute atomic E-state index is 12.3. The Morgan fingerprint density at radius 3 is 2.50 bits per heavy atom. The van der Waals surface area contributed by atoms with E-state index >= 15 is 0 Å². The molecule has 0 aromatic heterocycles. The standard InChI is InChI=1S/C21H26BrN3O4.ClH/c1-28-17-6-3-15(4-7-17)9-11-24-21(26)19(25-27)14-16-5-8-20(18(22)13-16)29-12-2-10-23;/h3-8,13,27H,2,9-12,14,23H2,1H3,(H,24,26);1H/b25-19-;. The summed E-state index contributed by atoms with van der Waals surface area (Å²) in [4.78, 5) is 12.3. The lowest BCUT2D eigenvalue weighted by Gasteiger charge is -2.10. The van der Waals surface area contributed by atoms with Gasteiger partial charge in [-0.15, -0.1) is 12.4 Å². The highest BCUT2D eigenvalue weighted by Gasteiger charge is 2.14. The zero-order valence-corrected chi connectivity index (χ0v) is 19.2. The van der Waals surface area contributed by atoms with Crippen LogP contribution in [-0.2, 0) is 17.6 Å². The van der Waals surface area contributed by atoms with Crippen LogP contribution in [-0.4, -0.2) is 43.6 Å². The lowest BCUT2D eigenvalue weighted by molar-refractivity contribution is -0.115. The first kappa shape index (κ1) is 25.7. The van der Waals surface area contributed by atoms with E-state index in [1.807, 2.05) is 42.5 Å². The second-order valence-corrected chi connectivity index (χ2v) is 7.19. The highest BCUT2D eigenvalue weighted by Crippen LogP contribution is 2.26. The van der Waals surface area contributed by atoms with Crippen molar-refractivity contribution in [3.8, 4) is 11.5 Å². The molecule has 0 bridgehead atoms. The van der Waals surface area contributed by atoms with Gasteiger partial charge in [-0.1, -0.05) is 23.4 Å². The average Bonchev–Trinajstić information content (AvgIpc) is 2.74. The lowest BCUT2D eigenvalue weighted by Crippen LogP contribution is -2.33. The quantitative estimate of drug-likeness (QED) is 0.190. The van der Waals surface area contributed by atoms with E-state index in [1.165, 1.54) is 0 Å². The fraction of sp³-hybridized carbons (Fsp3) is 0.333. The zero-order valence-electron chi connectivity index (χ0n) is 16.8. The van der Waals surface area contributed by atoms with E-state index in [1.54, 1.807) is 7.11 Å². The summed E-state index contributed by atoms with van der Waals surface area (Å²) < 4.78 is 11.5. The number of oxime groups is 1. The van der Waals surface area contributed by atoms with Crippen molar-refractivity contribution in [1.29, 1.82) is 0 Å². The van der Waals surface area contributed by atoms with E-state index < -0.39 is 5.91 Å². The third kappa shape index (κ3) is 8.22. The van der Waals surface area contributed by atoms with Crippen LogP contribution in [0.5, 0.6) is 11.5 Å². The van der Waals surface area contributed by atoms with E-state index in [-0.39, 0.29) is 24.5 Å². The van der Waals surface area contributed by atoms with Gasteiger partial charge in [-0.25, -0.2) is 0 Å². The third-order valence-electron chi connectivity index (χ3n) is 4.21. The molecule has 0 saturated carbocycles. The number of nitrogens with one attached hydrogen (secondary N) is 1. The smallest absolute Gasteiger partial charge is 0.269 e. The molecule has 1 amide bonds. The highest BCUT2D eigenvalue weighted by molar-refractivity contribution is 9.10. The Morgan fingerprint density at radius 1 is 1.20 bits per heavy atom. The third-order valence-corrected chi connectivity index (χ3v) is 4.83. The number of benzene rings is 2. The lowest BCUT2D eigenvalue weighted by atomic mass is 10.1. The Hall–Kier alpha value is -2.29. The van der Waals surface area contributed by atoms with Crippen LogP contribution in [0.4, 0.5) is 0 Å². The molecule has 2 aromatic carbocycles. The van der Waals surface area contributed by atoms with Crippen LogP contribution in [0.15, 0.2) is 52.1 Å². The number of carbonyl (C=O) groups is 1. The van der Waals surface area contributed by atoms with Gasteiger partial charge in [-0.3, -0.25) is 4.79 Å². The minimum atomic E-state index is -0.402. The van der Waals surface area contributed by atoms with Crippen LogP contribution >= 0.6 is 28.3 Å². The van der Waals surface area contributed by atoms with E-state index in [2.05, 4.69) is 26.4 Å². The minimum Gasteiger partial charge on any atom is -0.497 e. The normalized spacial score (nSPS) is 10.8. The van der Waals surface area contributed by atoms with E-state index in [0.29, 0.717) is 31.9 Å². The molecule has 2 rings (SSSR count). The summed E-state index contributed by atoms with van der Waals surface area (Å²) in [7, 11) is 1.62. The molecule has 0 unspecified atom stereocenters. The molecule has 0 spiro atoms. The first-order valence-corrected chi connectivity index (χ1v) is 10.1. The zero-order chi connectivity index (χ0) is 21.1. The molecule has 4 N–H and O–H groups in total. The van der Waals surface area contributed by atoms with Crippen molar-refractivity contribution < 1.29 is 19.5 Å². The molecule has 9 heteroatoms. The van der Waals surface area contributed by atoms with Crippen LogP contribution in [0.2, 0.25) is 0 Å². The van der Waals surface area contributed by atoms with Crippen LogP contribution in [0.1, 0.15) is 17.5 Å². The number of methoxy groups -OCH3 is 1. The first-order chi connectivity index (χ1) is 14.1. The van der Waals surface area contributed by atoms with Crippen molar-refractivity contribution in [3.63, 3.8) is 0 Å². The number of hydrogen-bond donors (Lipinski definition) is 3. The summed E-state index contributed by atoms with van der Waals surface area (Å²) in [6.07, 6.45) is 1.63. The maximum Gasteiger partial charge on any atom is 0.269 e. The summed E-state index contributed by atoms with van der Waals surface area (Å²) in [6, 6.07) is 13.1. The van der Waals surface area contributed by atoms with Gasteiger partial charge >= 0.3 is 0 Å². The molecular formula is C21H27BrClN3O4. The van der Waals surface area contributed by atoms with Gasteiger partial charge < -0.3 is 25.7 Å². The summed E-state index contributed by atoms with van der Waals surface area (Å²) in [6.45, 7) is 1.54. The predicted molar refractivity (Wildman–Crippen MR) is 123 cm³/mol. The summed E-state index contributed by atoms with van der Waals surface area (Å²) >= 11 is 3.46. The molecular weight excluding hydrogens is 474 g/mol. The Morgan fingerprint density at radius 2 is 1.90 bits per heavy atom. The topological polar surface area (TPSA) is 106 Å². The van der Waals surface area contributed by atoms with Gasteiger partial charge in [0.15, 0.2) is 0 Å². The molecule has 0 heterocycles. The van der Waals surface area contributed by atoms with Crippen LogP contribution in [0, 0.1) is 0 Å². The molecule has 0 fully saturated rings. The van der Waals surface area contributed by atoms with Crippen LogP contribution < -0.4 is 20.5 Å². The van der Waals surface area contributed by atoms with Crippen molar-refractivity contribution in [2.75, 3.05) is 26.8 Å². The summed E-state index contributed by atoms with van der Waals surface area (Å²) in [5, 5.41) is 15.2. The van der Waals surface area contributed by atoms with E-state index in [9.17, 15) is 10.0 Å². The van der Waals surface area contributed by atoms with Gasteiger partial charge in [-0.2, -0.15) is 0 Å². The number of halogens is 2. The average molecular weight is 501 g/mol. The fourth-order valence-corrected chi connectivity index (χ4v) is 3.15. The molecule has 0 atom stereocenters. The Balaban J connectivity index is 0.00000450. The largest absolute Gasteiger partial charge is 0.497 e. The molecule has 164 valence electrons. The van der Waals surface area contributed by atoms with Gasteiger partial charge in [0.2, 0.25) is 0 Å². The van der Waals surface area contributed by atoms with E-state index in [0.717, 1.165) is 27.8 Å². The van der Waals surface area contributed by atoms with Gasteiger partial charge in [0.05, 0.1) is 18.2 Å². The van der Waals surface area contributed by atoms with Crippen molar-refractivity contribution in [2.24, 2.45) is 10.9 Å². The second kappa shape index (κ2) is 13.8. The number of hydrogen-bond acceptors (Lipinski definition) is 6. The van der Waals surface area contributed by atoms with Gasteiger partial charge in [-0.05, 0) is 70.7 Å². The van der Waals surface area contributed by atoms with E-state index in [4.69, 9.17) is 15.2 Å². The van der Waals surface area contributed by atoms with Crippen molar-refractivity contribution in [3.05, 3.63) is 58.1 Å². The Labute approximate surface area is 191 Å². The van der Waals surface area contributed by atoms with Crippen LogP contribution in [0.25, 0.3) is 0 Å². The number of ether oxygens (including phenoxy) is 2. The predicted octanol–water partition coefficient (Wildman–Crippen LogP) is 3.34. The molecule has 7 nitrogen and oxygen atoms in total. The molecule has 0 radical (unpaired) electrons. The molecule has 30 heavy (non-hydrogen) atoms. The second-order valence-electron chi connectivity index (χ2n) is 6.33. The Kier molecular flexibility index (Phi) is 11.9. The fourth-order valence-electron chi connectivity index (χ4n) is 2.61. The highest BCUT2D eigenvalue weighted by atomic mass is 79.9. The number of nitrogens with two attached hydrogens (primary N) is 1. The van der Waals surface area contributed by atoms with Crippen molar-refractivity contribution in [2.45, 2.75) is 19.3 Å². The molecule has 2 aromatic rings. The first-order valence-electron chi connectivity index (χ1n) is 9.30. The summed E-state index contributed by atoms with van der Waals surface area (Å²) in [5.41, 5.74) is 7.40. The summed E-state index contributed by atoms with van der Waals surface area (Å²) in [5.74, 6) is 1.09. The van der Waals surface area contributed by atoms with Gasteiger partial charge in [0.25, 0.3) is 5.91 Å². The Bertz CT molecular complexity index is 832. The van der Waals surface area contributed by atoms with Crippen LogP contribution in [0.3, 0.4) is 0 Å². The SMILES string of the molecule is COc1ccc(CCNC(=O)/C(Cc2ccc(OCCCN)c(Br)c2)=N\O)cc1.Cl. The minimum absolute atomic E-state index is 0. The number of amides is 1.